The van der Waals surface area contributed by atoms with Crippen molar-refractivity contribution in [2.24, 2.45) is 0 Å². The minimum absolute atomic E-state index is 0.200. The molecule has 1 rings (SSSR count). The van der Waals surface area contributed by atoms with Gasteiger partial charge in [0.25, 0.3) is 0 Å². The topological polar surface area (TPSA) is 34.2 Å². The molecule has 0 aliphatic heterocycles. The van der Waals surface area contributed by atoms with E-state index in [1.807, 2.05) is 26.8 Å². The van der Waals surface area contributed by atoms with Crippen LogP contribution in [-0.4, -0.2) is 17.1 Å². The first-order chi connectivity index (χ1) is 7.94. The second-order valence-electron chi connectivity index (χ2n) is 5.15. The molecule has 3 heteroatoms. The van der Waals surface area contributed by atoms with Gasteiger partial charge in [-0.05, 0) is 45.4 Å². The highest BCUT2D eigenvalue weighted by atomic mass is 16.5. The lowest BCUT2D eigenvalue weighted by Gasteiger charge is -2.21. The summed E-state index contributed by atoms with van der Waals surface area (Å²) in [6, 6.07) is 4.16. The van der Waals surface area contributed by atoms with Crippen molar-refractivity contribution >= 4 is 0 Å². The first-order valence-electron chi connectivity index (χ1n) is 6.34. The van der Waals surface area contributed by atoms with E-state index in [1.165, 1.54) is 5.56 Å². The van der Waals surface area contributed by atoms with Gasteiger partial charge in [-0.3, -0.25) is 0 Å². The highest BCUT2D eigenvalue weighted by Crippen LogP contribution is 2.18. The van der Waals surface area contributed by atoms with Crippen LogP contribution in [0.25, 0.3) is 0 Å². The van der Waals surface area contributed by atoms with Crippen LogP contribution in [0.2, 0.25) is 0 Å². The lowest BCUT2D eigenvalue weighted by molar-refractivity contribution is 0.123. The Hall–Kier alpha value is -1.09. The van der Waals surface area contributed by atoms with E-state index in [0.717, 1.165) is 31.1 Å². The van der Waals surface area contributed by atoms with Gasteiger partial charge >= 0.3 is 0 Å². The molecule has 3 nitrogen and oxygen atoms in total. The van der Waals surface area contributed by atoms with Crippen LogP contribution in [0.15, 0.2) is 12.1 Å². The fourth-order valence-electron chi connectivity index (χ4n) is 1.54. The maximum atomic E-state index is 5.83. The number of aryl methyl sites for hydroxylation is 1. The number of hydrogen-bond acceptors (Lipinski definition) is 3. The normalized spacial score (nSPS) is 11.6. The van der Waals surface area contributed by atoms with Gasteiger partial charge in [0.2, 0.25) is 5.88 Å². The Bertz CT molecular complexity index is 356. The van der Waals surface area contributed by atoms with Crippen molar-refractivity contribution in [3.05, 3.63) is 23.4 Å². The van der Waals surface area contributed by atoms with Crippen LogP contribution in [0.3, 0.4) is 0 Å². The molecule has 1 N–H and O–H groups in total. The van der Waals surface area contributed by atoms with Gasteiger partial charge in [-0.2, -0.15) is 0 Å². The predicted molar refractivity (Wildman–Crippen MR) is 71.4 cm³/mol. The maximum Gasteiger partial charge on any atom is 0.214 e. The summed E-state index contributed by atoms with van der Waals surface area (Å²) in [6.45, 7) is 12.2. The average molecular weight is 236 g/mol. The minimum Gasteiger partial charge on any atom is -0.472 e. The van der Waals surface area contributed by atoms with Crippen molar-refractivity contribution in [1.82, 2.24) is 10.3 Å². The number of aromatic nitrogens is 1. The summed E-state index contributed by atoms with van der Waals surface area (Å²) >= 11 is 0. The molecule has 0 aliphatic carbocycles. The van der Waals surface area contributed by atoms with Crippen molar-refractivity contribution in [3.8, 4) is 5.88 Å². The summed E-state index contributed by atoms with van der Waals surface area (Å²) in [7, 11) is 0. The van der Waals surface area contributed by atoms with Gasteiger partial charge in [-0.1, -0.05) is 13.8 Å². The third-order valence-electron chi connectivity index (χ3n) is 2.27. The quantitative estimate of drug-likeness (QED) is 0.853. The van der Waals surface area contributed by atoms with E-state index in [9.17, 15) is 0 Å². The first-order valence-corrected chi connectivity index (χ1v) is 6.34. The second-order valence-corrected chi connectivity index (χ2v) is 5.15. The molecule has 0 saturated carbocycles. The molecular formula is C14H24N2O. The zero-order chi connectivity index (χ0) is 12.9. The van der Waals surface area contributed by atoms with Crippen molar-refractivity contribution in [1.29, 1.82) is 0 Å². The summed E-state index contributed by atoms with van der Waals surface area (Å²) in [5.41, 5.74) is 2.12. The third-order valence-corrected chi connectivity index (χ3v) is 2.27. The van der Waals surface area contributed by atoms with E-state index >= 15 is 0 Å². The van der Waals surface area contributed by atoms with Crippen LogP contribution < -0.4 is 10.1 Å². The van der Waals surface area contributed by atoms with E-state index in [4.69, 9.17) is 4.74 Å². The molecule has 0 spiro atoms. The van der Waals surface area contributed by atoms with E-state index in [-0.39, 0.29) is 5.60 Å². The van der Waals surface area contributed by atoms with E-state index < -0.39 is 0 Å². The molecule has 0 bridgehead atoms. The molecule has 0 radical (unpaired) electrons. The number of ether oxygens (including phenoxy) is 1. The molecule has 0 amide bonds. The van der Waals surface area contributed by atoms with E-state index in [1.54, 1.807) is 0 Å². The molecule has 17 heavy (non-hydrogen) atoms. The number of pyridine rings is 1. The van der Waals surface area contributed by atoms with Crippen LogP contribution in [0, 0.1) is 0 Å². The summed E-state index contributed by atoms with van der Waals surface area (Å²) in [5.74, 6) is 0.727. The van der Waals surface area contributed by atoms with Crippen LogP contribution >= 0.6 is 0 Å². The fraction of sp³-hybridized carbons (Fsp3) is 0.643. The van der Waals surface area contributed by atoms with Gasteiger partial charge in [0.05, 0.1) is 0 Å². The lowest BCUT2D eigenvalue weighted by atomic mass is 10.1. The van der Waals surface area contributed by atoms with Crippen LogP contribution in [0.4, 0.5) is 0 Å². The summed E-state index contributed by atoms with van der Waals surface area (Å²) < 4.78 is 5.83. The molecule has 96 valence electrons. The Kier molecular flexibility index (Phi) is 4.94. The number of rotatable bonds is 5. The molecule has 1 aromatic heterocycles. The van der Waals surface area contributed by atoms with Gasteiger partial charge in [0.1, 0.15) is 5.60 Å². The Morgan fingerprint density at radius 2 is 1.94 bits per heavy atom. The smallest absolute Gasteiger partial charge is 0.214 e. The lowest BCUT2D eigenvalue weighted by Crippen LogP contribution is -2.24. The zero-order valence-corrected chi connectivity index (χ0v) is 11.6. The first kappa shape index (κ1) is 14.0. The van der Waals surface area contributed by atoms with Crippen LogP contribution in [-0.2, 0) is 13.0 Å². The SMILES string of the molecule is CCNCc1cc(CC)nc(OC(C)(C)C)c1. The Labute approximate surface area is 105 Å². The Morgan fingerprint density at radius 1 is 1.24 bits per heavy atom. The van der Waals surface area contributed by atoms with Crippen molar-refractivity contribution in [2.75, 3.05) is 6.54 Å². The molecule has 1 heterocycles. The van der Waals surface area contributed by atoms with Crippen molar-refractivity contribution in [2.45, 2.75) is 53.2 Å². The highest BCUT2D eigenvalue weighted by molar-refractivity contribution is 5.25. The maximum absolute atomic E-state index is 5.83. The summed E-state index contributed by atoms with van der Waals surface area (Å²) in [5, 5.41) is 3.32. The van der Waals surface area contributed by atoms with Gasteiger partial charge in [0.15, 0.2) is 0 Å². The highest BCUT2D eigenvalue weighted by Gasteiger charge is 2.13. The fourth-order valence-corrected chi connectivity index (χ4v) is 1.54. The standard InChI is InChI=1S/C14H24N2O/c1-6-12-8-11(10-15-7-2)9-13(16-12)17-14(3,4)5/h8-9,15H,6-7,10H2,1-5H3. The number of hydrogen-bond donors (Lipinski definition) is 1. The number of nitrogens with zero attached hydrogens (tertiary/aromatic N) is 1. The molecular weight excluding hydrogens is 212 g/mol. The van der Waals surface area contributed by atoms with Gasteiger partial charge in [-0.15, -0.1) is 0 Å². The average Bonchev–Trinajstić information content (AvgIpc) is 2.23. The van der Waals surface area contributed by atoms with Gasteiger partial charge in [0, 0.05) is 18.3 Å². The molecule has 0 aliphatic rings. The molecule has 1 aromatic rings. The molecule has 0 aromatic carbocycles. The Morgan fingerprint density at radius 3 is 2.47 bits per heavy atom. The van der Waals surface area contributed by atoms with Crippen LogP contribution in [0.5, 0.6) is 5.88 Å². The predicted octanol–water partition coefficient (Wildman–Crippen LogP) is 2.93. The molecule has 0 saturated heterocycles. The van der Waals surface area contributed by atoms with E-state index in [0.29, 0.717) is 0 Å². The molecule has 0 fully saturated rings. The van der Waals surface area contributed by atoms with Crippen LogP contribution in [0.1, 0.15) is 45.9 Å². The Balaban J connectivity index is 2.88. The summed E-state index contributed by atoms with van der Waals surface area (Å²) in [4.78, 5) is 4.50. The largest absolute Gasteiger partial charge is 0.472 e. The monoisotopic (exact) mass is 236 g/mol. The minimum atomic E-state index is -0.200. The van der Waals surface area contributed by atoms with Gasteiger partial charge < -0.3 is 10.1 Å². The molecule has 0 unspecified atom stereocenters. The van der Waals surface area contributed by atoms with Gasteiger partial charge in [-0.25, -0.2) is 4.98 Å². The zero-order valence-electron chi connectivity index (χ0n) is 11.6. The third kappa shape index (κ3) is 5.18. The van der Waals surface area contributed by atoms with Crippen molar-refractivity contribution < 1.29 is 4.74 Å². The van der Waals surface area contributed by atoms with E-state index in [2.05, 4.69) is 30.2 Å². The molecule has 0 atom stereocenters. The summed E-state index contributed by atoms with van der Waals surface area (Å²) in [6.07, 6.45) is 0.931. The second kappa shape index (κ2) is 6.01. The number of nitrogens with one attached hydrogen (secondary N) is 1. The van der Waals surface area contributed by atoms with Crippen molar-refractivity contribution in [3.63, 3.8) is 0 Å².